The standard InChI is InChI=1S/C12H20N2O/c1-4-5-13-6-7-14-10(2)8-12(15)9-11(14)3/h8-9,13H,4-7H2,1-3H3. The van der Waals surface area contributed by atoms with Crippen molar-refractivity contribution in [2.45, 2.75) is 33.7 Å². The highest BCUT2D eigenvalue weighted by atomic mass is 16.1. The molecule has 0 bridgehead atoms. The van der Waals surface area contributed by atoms with Crippen LogP contribution in [-0.4, -0.2) is 17.7 Å². The zero-order valence-electron chi connectivity index (χ0n) is 9.84. The molecule has 0 spiro atoms. The van der Waals surface area contributed by atoms with E-state index in [0.717, 1.165) is 37.4 Å². The molecule has 0 atom stereocenters. The van der Waals surface area contributed by atoms with E-state index in [2.05, 4.69) is 16.8 Å². The van der Waals surface area contributed by atoms with Crippen LogP contribution < -0.4 is 10.7 Å². The van der Waals surface area contributed by atoms with Crippen LogP contribution in [0, 0.1) is 13.8 Å². The second-order valence-corrected chi connectivity index (χ2v) is 3.88. The van der Waals surface area contributed by atoms with Crippen LogP contribution in [0.1, 0.15) is 24.7 Å². The Kier molecular flexibility index (Phi) is 4.56. The molecule has 0 saturated carbocycles. The molecule has 0 aliphatic rings. The van der Waals surface area contributed by atoms with Crippen LogP contribution in [0.25, 0.3) is 0 Å². The summed E-state index contributed by atoms with van der Waals surface area (Å²) in [5.41, 5.74) is 2.18. The normalized spacial score (nSPS) is 10.6. The molecule has 84 valence electrons. The van der Waals surface area contributed by atoms with E-state index < -0.39 is 0 Å². The Morgan fingerprint density at radius 2 is 1.80 bits per heavy atom. The van der Waals surface area contributed by atoms with Crippen molar-refractivity contribution in [3.05, 3.63) is 33.7 Å². The number of aromatic nitrogens is 1. The summed E-state index contributed by atoms with van der Waals surface area (Å²) >= 11 is 0. The maximum Gasteiger partial charge on any atom is 0.182 e. The molecule has 0 amide bonds. The lowest BCUT2D eigenvalue weighted by atomic mass is 10.3. The van der Waals surface area contributed by atoms with Gasteiger partial charge in [0.25, 0.3) is 0 Å². The van der Waals surface area contributed by atoms with Gasteiger partial charge in [-0.1, -0.05) is 6.92 Å². The predicted molar refractivity (Wildman–Crippen MR) is 63.3 cm³/mol. The molecule has 3 heteroatoms. The highest BCUT2D eigenvalue weighted by Gasteiger charge is 2.00. The van der Waals surface area contributed by atoms with Crippen molar-refractivity contribution in [2.75, 3.05) is 13.1 Å². The lowest BCUT2D eigenvalue weighted by Gasteiger charge is -2.14. The topological polar surface area (TPSA) is 34.0 Å². The highest BCUT2D eigenvalue weighted by Crippen LogP contribution is 2.00. The average molecular weight is 208 g/mol. The third-order valence-electron chi connectivity index (χ3n) is 2.49. The molecular formula is C12H20N2O. The summed E-state index contributed by atoms with van der Waals surface area (Å²) in [6.45, 7) is 9.06. The van der Waals surface area contributed by atoms with Gasteiger partial charge < -0.3 is 9.88 Å². The number of hydrogen-bond donors (Lipinski definition) is 1. The fourth-order valence-electron chi connectivity index (χ4n) is 1.73. The molecule has 1 aromatic heterocycles. The Balaban J connectivity index is 2.64. The van der Waals surface area contributed by atoms with Crippen molar-refractivity contribution in [2.24, 2.45) is 0 Å². The van der Waals surface area contributed by atoms with Crippen molar-refractivity contribution < 1.29 is 0 Å². The van der Waals surface area contributed by atoms with Crippen LogP contribution >= 0.6 is 0 Å². The molecule has 0 aliphatic carbocycles. The van der Waals surface area contributed by atoms with E-state index >= 15 is 0 Å². The third-order valence-corrected chi connectivity index (χ3v) is 2.49. The lowest BCUT2D eigenvalue weighted by Crippen LogP contribution is -2.23. The first-order valence-electron chi connectivity index (χ1n) is 5.54. The van der Waals surface area contributed by atoms with Gasteiger partial charge in [0.15, 0.2) is 5.43 Å². The summed E-state index contributed by atoms with van der Waals surface area (Å²) in [6, 6.07) is 3.37. The van der Waals surface area contributed by atoms with E-state index in [1.54, 1.807) is 12.1 Å². The second-order valence-electron chi connectivity index (χ2n) is 3.88. The minimum absolute atomic E-state index is 0.0998. The largest absolute Gasteiger partial charge is 0.348 e. The van der Waals surface area contributed by atoms with Gasteiger partial charge in [0.05, 0.1) is 0 Å². The summed E-state index contributed by atoms with van der Waals surface area (Å²) < 4.78 is 2.17. The first-order chi connectivity index (χ1) is 7.15. The fourth-order valence-corrected chi connectivity index (χ4v) is 1.73. The zero-order chi connectivity index (χ0) is 11.3. The first-order valence-corrected chi connectivity index (χ1v) is 5.54. The summed E-state index contributed by atoms with van der Waals surface area (Å²) in [5.74, 6) is 0. The van der Waals surface area contributed by atoms with Crippen LogP contribution in [0.15, 0.2) is 16.9 Å². The van der Waals surface area contributed by atoms with Gasteiger partial charge in [-0.05, 0) is 26.8 Å². The number of pyridine rings is 1. The van der Waals surface area contributed by atoms with Crippen LogP contribution in [0.5, 0.6) is 0 Å². The van der Waals surface area contributed by atoms with Gasteiger partial charge in [-0.15, -0.1) is 0 Å². The molecule has 15 heavy (non-hydrogen) atoms. The molecule has 1 heterocycles. The van der Waals surface area contributed by atoms with Gasteiger partial charge >= 0.3 is 0 Å². The zero-order valence-corrected chi connectivity index (χ0v) is 9.84. The molecule has 0 radical (unpaired) electrons. The highest BCUT2D eigenvalue weighted by molar-refractivity contribution is 5.12. The minimum atomic E-state index is 0.0998. The van der Waals surface area contributed by atoms with Crippen LogP contribution in [0.4, 0.5) is 0 Å². The van der Waals surface area contributed by atoms with Gasteiger partial charge in [-0.2, -0.15) is 0 Å². The molecule has 3 nitrogen and oxygen atoms in total. The van der Waals surface area contributed by atoms with Crippen molar-refractivity contribution >= 4 is 0 Å². The quantitative estimate of drug-likeness (QED) is 0.743. The third kappa shape index (κ3) is 3.51. The molecule has 0 aliphatic heterocycles. The summed E-state index contributed by atoms with van der Waals surface area (Å²) in [6.07, 6.45) is 1.15. The molecular weight excluding hydrogens is 188 g/mol. The number of rotatable bonds is 5. The van der Waals surface area contributed by atoms with Crippen molar-refractivity contribution in [1.82, 2.24) is 9.88 Å². The predicted octanol–water partition coefficient (Wildman–Crippen LogP) is 1.46. The van der Waals surface area contributed by atoms with Crippen LogP contribution in [-0.2, 0) is 6.54 Å². The van der Waals surface area contributed by atoms with Gasteiger partial charge in [0, 0.05) is 36.6 Å². The molecule has 0 fully saturated rings. The Hall–Kier alpha value is -1.09. The maximum atomic E-state index is 11.2. The average Bonchev–Trinajstić information content (AvgIpc) is 2.15. The number of hydrogen-bond acceptors (Lipinski definition) is 2. The van der Waals surface area contributed by atoms with E-state index in [0.29, 0.717) is 0 Å². The monoisotopic (exact) mass is 208 g/mol. The number of nitrogens with one attached hydrogen (secondary N) is 1. The van der Waals surface area contributed by atoms with Gasteiger partial charge in [0.1, 0.15) is 0 Å². The van der Waals surface area contributed by atoms with Crippen LogP contribution in [0.3, 0.4) is 0 Å². The first kappa shape index (κ1) is 12.0. The summed E-state index contributed by atoms with van der Waals surface area (Å²) in [4.78, 5) is 11.2. The summed E-state index contributed by atoms with van der Waals surface area (Å²) in [7, 11) is 0. The fraction of sp³-hybridized carbons (Fsp3) is 0.583. The Morgan fingerprint density at radius 1 is 1.20 bits per heavy atom. The maximum absolute atomic E-state index is 11.2. The molecule has 0 unspecified atom stereocenters. The number of nitrogens with zero attached hydrogens (tertiary/aromatic N) is 1. The smallest absolute Gasteiger partial charge is 0.182 e. The van der Waals surface area contributed by atoms with Gasteiger partial charge in [-0.3, -0.25) is 4.79 Å². The SMILES string of the molecule is CCCNCCn1c(C)cc(=O)cc1C. The Bertz CT molecular complexity index is 342. The molecule has 1 rings (SSSR count). The van der Waals surface area contributed by atoms with Crippen molar-refractivity contribution in [1.29, 1.82) is 0 Å². The molecule has 1 N–H and O–H groups in total. The Morgan fingerprint density at radius 3 is 2.33 bits per heavy atom. The lowest BCUT2D eigenvalue weighted by molar-refractivity contribution is 0.573. The van der Waals surface area contributed by atoms with Gasteiger partial charge in [0.2, 0.25) is 0 Å². The van der Waals surface area contributed by atoms with E-state index in [1.165, 1.54) is 0 Å². The number of aryl methyl sites for hydroxylation is 2. The van der Waals surface area contributed by atoms with Gasteiger partial charge in [-0.25, -0.2) is 0 Å². The molecule has 1 aromatic rings. The summed E-state index contributed by atoms with van der Waals surface area (Å²) in [5, 5.41) is 3.35. The van der Waals surface area contributed by atoms with Crippen LogP contribution in [0.2, 0.25) is 0 Å². The van der Waals surface area contributed by atoms with Crippen molar-refractivity contribution in [3.8, 4) is 0 Å². The van der Waals surface area contributed by atoms with E-state index in [4.69, 9.17) is 0 Å². The van der Waals surface area contributed by atoms with E-state index in [1.807, 2.05) is 13.8 Å². The van der Waals surface area contributed by atoms with Crippen molar-refractivity contribution in [3.63, 3.8) is 0 Å². The Labute approximate surface area is 91.1 Å². The minimum Gasteiger partial charge on any atom is -0.348 e. The van der Waals surface area contributed by atoms with E-state index in [-0.39, 0.29) is 5.43 Å². The molecule has 0 aromatic carbocycles. The molecule has 0 saturated heterocycles. The second kappa shape index (κ2) is 5.71. The van der Waals surface area contributed by atoms with E-state index in [9.17, 15) is 4.79 Å².